The molecule has 0 radical (unpaired) electrons. The summed E-state index contributed by atoms with van der Waals surface area (Å²) in [4.78, 5) is 12.3. The number of nitrogens with one attached hydrogen (secondary N) is 1. The lowest BCUT2D eigenvalue weighted by molar-refractivity contribution is -0.122. The minimum atomic E-state index is 0.177. The van der Waals surface area contributed by atoms with Gasteiger partial charge in [0.25, 0.3) is 0 Å². The molecule has 4 nitrogen and oxygen atoms in total. The van der Waals surface area contributed by atoms with Crippen molar-refractivity contribution in [2.24, 2.45) is 11.8 Å². The summed E-state index contributed by atoms with van der Waals surface area (Å²) in [5.74, 6) is 0.982. The fourth-order valence-electron chi connectivity index (χ4n) is 3.39. The maximum Gasteiger partial charge on any atom is 0.143 e. The summed E-state index contributed by atoms with van der Waals surface area (Å²) in [6.45, 7) is 3.95. The minimum Gasteiger partial charge on any atom is -0.316 e. The van der Waals surface area contributed by atoms with Crippen LogP contribution in [-0.4, -0.2) is 28.7 Å². The molecule has 1 N–H and O–H groups in total. The van der Waals surface area contributed by atoms with E-state index in [0.29, 0.717) is 24.2 Å². The Hall–Kier alpha value is -1.16. The molecule has 4 heteroatoms. The molecule has 2 unspecified atom stereocenters. The van der Waals surface area contributed by atoms with Crippen molar-refractivity contribution >= 4 is 5.78 Å². The van der Waals surface area contributed by atoms with Gasteiger partial charge in [0.15, 0.2) is 0 Å². The van der Waals surface area contributed by atoms with E-state index in [1.54, 1.807) is 0 Å². The lowest BCUT2D eigenvalue weighted by Crippen LogP contribution is -2.23. The van der Waals surface area contributed by atoms with Crippen molar-refractivity contribution in [1.82, 2.24) is 15.1 Å². The van der Waals surface area contributed by atoms with E-state index in [9.17, 15) is 4.79 Å². The van der Waals surface area contributed by atoms with Gasteiger partial charge < -0.3 is 5.32 Å². The molecule has 2 heterocycles. The quantitative estimate of drug-likeness (QED) is 0.901. The topological polar surface area (TPSA) is 46.9 Å². The van der Waals surface area contributed by atoms with Crippen LogP contribution in [0.2, 0.25) is 0 Å². The summed E-state index contributed by atoms with van der Waals surface area (Å²) in [5, 5.41) is 7.90. The molecule has 2 aliphatic rings. The van der Waals surface area contributed by atoms with Gasteiger partial charge in [-0.05, 0) is 31.4 Å². The summed E-state index contributed by atoms with van der Waals surface area (Å²) < 4.78 is 2.08. The SMILES string of the molecule is CC1CNCC1C(=O)Cc1ccn(C2CCCC2)n1. The first-order valence-electron chi connectivity index (χ1n) is 7.51. The summed E-state index contributed by atoms with van der Waals surface area (Å²) in [7, 11) is 0. The maximum absolute atomic E-state index is 12.3. The Morgan fingerprint density at radius 2 is 2.21 bits per heavy atom. The third-order valence-corrected chi connectivity index (χ3v) is 4.65. The first-order valence-corrected chi connectivity index (χ1v) is 7.51. The highest BCUT2D eigenvalue weighted by Crippen LogP contribution is 2.28. The molecule has 1 aromatic heterocycles. The Labute approximate surface area is 114 Å². The number of carbonyl (C=O) groups is 1. The first-order chi connectivity index (χ1) is 9.24. The smallest absolute Gasteiger partial charge is 0.143 e. The Morgan fingerprint density at radius 3 is 2.89 bits per heavy atom. The van der Waals surface area contributed by atoms with Crippen molar-refractivity contribution < 1.29 is 4.79 Å². The zero-order valence-corrected chi connectivity index (χ0v) is 11.6. The molecule has 2 fully saturated rings. The van der Waals surface area contributed by atoms with E-state index in [-0.39, 0.29) is 5.92 Å². The number of aromatic nitrogens is 2. The third kappa shape index (κ3) is 2.73. The molecule has 0 amide bonds. The predicted octanol–water partition coefficient (Wildman–Crippen LogP) is 1.97. The molecule has 19 heavy (non-hydrogen) atoms. The molecule has 0 spiro atoms. The largest absolute Gasteiger partial charge is 0.316 e. The standard InChI is InChI=1S/C15H23N3O/c1-11-9-16-10-14(11)15(19)8-12-6-7-18(17-12)13-4-2-3-5-13/h6-7,11,13-14,16H,2-5,8-10H2,1H3. The van der Waals surface area contributed by atoms with E-state index in [2.05, 4.69) is 28.2 Å². The van der Waals surface area contributed by atoms with Gasteiger partial charge in [0.05, 0.1) is 18.2 Å². The van der Waals surface area contributed by atoms with E-state index in [0.717, 1.165) is 18.8 Å². The molecular formula is C15H23N3O. The van der Waals surface area contributed by atoms with Crippen LogP contribution in [0, 0.1) is 11.8 Å². The molecule has 1 aliphatic carbocycles. The van der Waals surface area contributed by atoms with E-state index in [4.69, 9.17) is 0 Å². The van der Waals surface area contributed by atoms with Gasteiger partial charge in [-0.3, -0.25) is 9.48 Å². The molecule has 1 aliphatic heterocycles. The Balaban J connectivity index is 1.61. The number of nitrogens with zero attached hydrogens (tertiary/aromatic N) is 2. The van der Waals surface area contributed by atoms with Gasteiger partial charge >= 0.3 is 0 Å². The normalized spacial score (nSPS) is 28.1. The minimum absolute atomic E-state index is 0.177. The molecule has 1 saturated heterocycles. The Bertz CT molecular complexity index is 448. The van der Waals surface area contributed by atoms with Gasteiger partial charge in [0, 0.05) is 18.7 Å². The van der Waals surface area contributed by atoms with Crippen LogP contribution in [0.5, 0.6) is 0 Å². The lowest BCUT2D eigenvalue weighted by Gasteiger charge is -2.12. The number of Topliss-reactive ketones (excluding diaryl/α,β-unsaturated/α-hetero) is 1. The van der Waals surface area contributed by atoms with Crippen molar-refractivity contribution in [3.63, 3.8) is 0 Å². The van der Waals surface area contributed by atoms with Gasteiger partial charge in [-0.1, -0.05) is 19.8 Å². The molecule has 0 aromatic carbocycles. The number of hydrogen-bond donors (Lipinski definition) is 1. The molecule has 3 rings (SSSR count). The van der Waals surface area contributed by atoms with E-state index >= 15 is 0 Å². The average molecular weight is 261 g/mol. The van der Waals surface area contributed by atoms with Crippen molar-refractivity contribution in [1.29, 1.82) is 0 Å². The molecule has 104 valence electrons. The molecule has 1 aromatic rings. The predicted molar refractivity (Wildman–Crippen MR) is 74.0 cm³/mol. The number of rotatable bonds is 4. The van der Waals surface area contributed by atoms with Gasteiger partial charge in [-0.15, -0.1) is 0 Å². The van der Waals surface area contributed by atoms with Crippen LogP contribution < -0.4 is 5.32 Å². The van der Waals surface area contributed by atoms with Gasteiger partial charge in [0.1, 0.15) is 5.78 Å². The third-order valence-electron chi connectivity index (χ3n) is 4.65. The highest BCUT2D eigenvalue weighted by molar-refractivity contribution is 5.83. The van der Waals surface area contributed by atoms with E-state index < -0.39 is 0 Å². The fourth-order valence-corrected chi connectivity index (χ4v) is 3.39. The molecular weight excluding hydrogens is 238 g/mol. The molecule has 2 atom stereocenters. The van der Waals surface area contributed by atoms with Gasteiger partial charge in [0.2, 0.25) is 0 Å². The Morgan fingerprint density at radius 1 is 1.42 bits per heavy atom. The van der Waals surface area contributed by atoms with Crippen LogP contribution in [0.3, 0.4) is 0 Å². The number of hydrogen-bond acceptors (Lipinski definition) is 3. The lowest BCUT2D eigenvalue weighted by atomic mass is 9.91. The second-order valence-corrected chi connectivity index (χ2v) is 6.11. The zero-order chi connectivity index (χ0) is 13.2. The van der Waals surface area contributed by atoms with E-state index in [1.807, 2.05) is 6.07 Å². The first kappa shape index (κ1) is 12.9. The van der Waals surface area contributed by atoms with Crippen LogP contribution in [0.15, 0.2) is 12.3 Å². The molecule has 0 bridgehead atoms. The second-order valence-electron chi connectivity index (χ2n) is 6.11. The monoisotopic (exact) mass is 261 g/mol. The van der Waals surface area contributed by atoms with Crippen molar-refractivity contribution in [2.75, 3.05) is 13.1 Å². The summed E-state index contributed by atoms with van der Waals surface area (Å²) in [6, 6.07) is 2.58. The maximum atomic E-state index is 12.3. The number of ketones is 1. The van der Waals surface area contributed by atoms with Crippen LogP contribution >= 0.6 is 0 Å². The second kappa shape index (κ2) is 5.45. The zero-order valence-electron chi connectivity index (χ0n) is 11.6. The Kier molecular flexibility index (Phi) is 3.69. The summed E-state index contributed by atoms with van der Waals surface area (Å²) >= 11 is 0. The van der Waals surface area contributed by atoms with Gasteiger partial charge in [-0.2, -0.15) is 5.10 Å². The van der Waals surface area contributed by atoms with Gasteiger partial charge in [-0.25, -0.2) is 0 Å². The van der Waals surface area contributed by atoms with Crippen LogP contribution in [0.4, 0.5) is 0 Å². The van der Waals surface area contributed by atoms with Crippen LogP contribution in [0.25, 0.3) is 0 Å². The summed E-state index contributed by atoms with van der Waals surface area (Å²) in [5.41, 5.74) is 0.941. The van der Waals surface area contributed by atoms with E-state index in [1.165, 1.54) is 25.7 Å². The molecule has 1 saturated carbocycles. The average Bonchev–Trinajstić information content (AvgIpc) is 3.07. The number of carbonyl (C=O) groups excluding carboxylic acids is 1. The highest BCUT2D eigenvalue weighted by atomic mass is 16.1. The van der Waals surface area contributed by atoms with Crippen molar-refractivity contribution in [3.05, 3.63) is 18.0 Å². The van der Waals surface area contributed by atoms with Crippen molar-refractivity contribution in [2.45, 2.75) is 45.1 Å². The highest BCUT2D eigenvalue weighted by Gasteiger charge is 2.29. The fraction of sp³-hybridized carbons (Fsp3) is 0.733. The van der Waals surface area contributed by atoms with Crippen LogP contribution in [0.1, 0.15) is 44.3 Å². The van der Waals surface area contributed by atoms with Crippen molar-refractivity contribution in [3.8, 4) is 0 Å². The summed E-state index contributed by atoms with van der Waals surface area (Å²) in [6.07, 6.45) is 7.64. The van der Waals surface area contributed by atoms with Crippen LogP contribution in [-0.2, 0) is 11.2 Å².